The second-order valence-corrected chi connectivity index (χ2v) is 8.21. The molecule has 8 heteroatoms. The third-order valence-corrected chi connectivity index (χ3v) is 5.21. The molecule has 1 aliphatic rings. The SMILES string of the molecule is CS(=O)(=O)CCN1CC(c2c(O)ccc(Cl)c2Cl)CC1=O. The molecule has 0 saturated carbocycles. The van der Waals surface area contributed by atoms with Crippen LogP contribution in [0.25, 0.3) is 0 Å². The maximum atomic E-state index is 12.0. The first-order valence-corrected chi connectivity index (χ1v) is 9.13. The van der Waals surface area contributed by atoms with Crippen LogP contribution in [0.2, 0.25) is 10.0 Å². The smallest absolute Gasteiger partial charge is 0.223 e. The lowest BCUT2D eigenvalue weighted by atomic mass is 9.97. The quantitative estimate of drug-likeness (QED) is 0.900. The normalized spacial score (nSPS) is 19.3. The van der Waals surface area contributed by atoms with E-state index in [0.717, 1.165) is 6.26 Å². The van der Waals surface area contributed by atoms with Crippen LogP contribution in [0.3, 0.4) is 0 Å². The molecule has 1 aliphatic heterocycles. The van der Waals surface area contributed by atoms with Gasteiger partial charge in [-0.3, -0.25) is 4.79 Å². The molecule has 1 fully saturated rings. The fraction of sp³-hybridized carbons (Fsp3) is 0.462. The highest BCUT2D eigenvalue weighted by atomic mass is 35.5. The third kappa shape index (κ3) is 3.81. The summed E-state index contributed by atoms with van der Waals surface area (Å²) in [6.45, 7) is 0.467. The van der Waals surface area contributed by atoms with Crippen molar-refractivity contribution in [2.24, 2.45) is 0 Å². The van der Waals surface area contributed by atoms with Crippen LogP contribution in [0.1, 0.15) is 17.9 Å². The molecule has 1 aromatic rings. The van der Waals surface area contributed by atoms with Crippen LogP contribution >= 0.6 is 23.2 Å². The van der Waals surface area contributed by atoms with E-state index in [2.05, 4.69) is 0 Å². The van der Waals surface area contributed by atoms with Gasteiger partial charge in [0, 0.05) is 37.2 Å². The molecular weight excluding hydrogens is 337 g/mol. The molecule has 1 aromatic carbocycles. The van der Waals surface area contributed by atoms with Gasteiger partial charge in [-0.05, 0) is 12.1 Å². The van der Waals surface area contributed by atoms with Crippen molar-refractivity contribution in [1.29, 1.82) is 0 Å². The molecule has 5 nitrogen and oxygen atoms in total. The summed E-state index contributed by atoms with van der Waals surface area (Å²) >= 11 is 12.0. The van der Waals surface area contributed by atoms with Crippen LogP contribution in [-0.2, 0) is 14.6 Å². The highest BCUT2D eigenvalue weighted by Gasteiger charge is 2.34. The van der Waals surface area contributed by atoms with E-state index < -0.39 is 9.84 Å². The second-order valence-electron chi connectivity index (χ2n) is 5.16. The number of carbonyl (C=O) groups is 1. The zero-order valence-corrected chi connectivity index (χ0v) is 13.7. The number of hydrogen-bond donors (Lipinski definition) is 1. The first-order chi connectivity index (χ1) is 9.69. The highest BCUT2D eigenvalue weighted by Crippen LogP contribution is 2.41. The number of phenols is 1. The molecule has 0 bridgehead atoms. The number of benzene rings is 1. The first kappa shape index (κ1) is 16.4. The Labute approximate surface area is 133 Å². The van der Waals surface area contributed by atoms with Gasteiger partial charge in [0.05, 0.1) is 15.8 Å². The summed E-state index contributed by atoms with van der Waals surface area (Å²) in [5.74, 6) is -0.532. The minimum atomic E-state index is -3.13. The maximum absolute atomic E-state index is 12.0. The van der Waals surface area contributed by atoms with Crippen LogP contribution in [0.15, 0.2) is 12.1 Å². The standard InChI is InChI=1S/C13H15Cl2NO4S/c1-21(19,20)5-4-16-7-8(6-11(16)18)12-10(17)3-2-9(14)13(12)15/h2-3,8,17H,4-7H2,1H3. The number of phenolic OH excluding ortho intramolecular Hbond substituents is 1. The Kier molecular flexibility index (Phi) is 4.70. The Morgan fingerprint density at radius 3 is 2.67 bits per heavy atom. The molecule has 1 N–H and O–H groups in total. The second kappa shape index (κ2) is 6.02. The lowest BCUT2D eigenvalue weighted by Crippen LogP contribution is -2.30. The van der Waals surface area contributed by atoms with E-state index in [4.69, 9.17) is 23.2 Å². The summed E-state index contributed by atoms with van der Waals surface area (Å²) in [6, 6.07) is 2.92. The fourth-order valence-electron chi connectivity index (χ4n) is 2.40. The predicted octanol–water partition coefficient (Wildman–Crippen LogP) is 2.06. The van der Waals surface area contributed by atoms with Crippen LogP contribution in [-0.4, -0.2) is 49.4 Å². The molecular formula is C13H15Cl2NO4S. The minimum Gasteiger partial charge on any atom is -0.508 e. The molecule has 1 saturated heterocycles. The lowest BCUT2D eigenvalue weighted by molar-refractivity contribution is -0.127. The van der Waals surface area contributed by atoms with Gasteiger partial charge in [0.2, 0.25) is 5.91 Å². The predicted molar refractivity (Wildman–Crippen MR) is 81.8 cm³/mol. The van der Waals surface area contributed by atoms with Crippen molar-refractivity contribution in [2.45, 2.75) is 12.3 Å². The van der Waals surface area contributed by atoms with Crippen LogP contribution in [0, 0.1) is 0 Å². The number of nitrogens with zero attached hydrogens (tertiary/aromatic N) is 1. The van der Waals surface area contributed by atoms with Gasteiger partial charge in [-0.15, -0.1) is 0 Å². The van der Waals surface area contributed by atoms with Crippen LogP contribution in [0.4, 0.5) is 0 Å². The van der Waals surface area contributed by atoms with E-state index in [1.807, 2.05) is 0 Å². The summed E-state index contributed by atoms with van der Waals surface area (Å²) in [5, 5.41) is 10.5. The van der Waals surface area contributed by atoms with E-state index in [9.17, 15) is 18.3 Å². The van der Waals surface area contributed by atoms with Gasteiger partial charge in [0.1, 0.15) is 15.6 Å². The molecule has 1 unspecified atom stereocenters. The Morgan fingerprint density at radius 1 is 1.38 bits per heavy atom. The molecule has 2 rings (SSSR count). The number of hydrogen-bond acceptors (Lipinski definition) is 4. The number of carbonyl (C=O) groups excluding carboxylic acids is 1. The molecule has 0 aliphatic carbocycles. The number of amides is 1. The molecule has 0 spiro atoms. The number of halogens is 2. The Hall–Kier alpha value is -0.980. The van der Waals surface area contributed by atoms with Crippen LogP contribution < -0.4 is 0 Å². The summed E-state index contributed by atoms with van der Waals surface area (Å²) < 4.78 is 22.4. The van der Waals surface area contributed by atoms with E-state index in [-0.39, 0.29) is 41.3 Å². The molecule has 1 heterocycles. The maximum Gasteiger partial charge on any atom is 0.223 e. The number of rotatable bonds is 4. The zero-order chi connectivity index (χ0) is 15.8. The number of aromatic hydroxyl groups is 1. The average Bonchev–Trinajstić information content (AvgIpc) is 2.72. The molecule has 0 radical (unpaired) electrons. The van der Waals surface area contributed by atoms with Crippen molar-refractivity contribution in [1.82, 2.24) is 4.90 Å². The van der Waals surface area contributed by atoms with E-state index >= 15 is 0 Å². The van der Waals surface area contributed by atoms with Gasteiger partial charge in [-0.1, -0.05) is 23.2 Å². The van der Waals surface area contributed by atoms with Crippen molar-refractivity contribution in [2.75, 3.05) is 25.1 Å². The molecule has 21 heavy (non-hydrogen) atoms. The Balaban J connectivity index is 2.18. The summed E-state index contributed by atoms with van der Waals surface area (Å²) in [5.41, 5.74) is 0.444. The van der Waals surface area contributed by atoms with E-state index in [0.29, 0.717) is 17.1 Å². The summed E-state index contributed by atoms with van der Waals surface area (Å²) in [4.78, 5) is 13.4. The molecule has 0 aromatic heterocycles. The highest BCUT2D eigenvalue weighted by molar-refractivity contribution is 7.90. The van der Waals surface area contributed by atoms with E-state index in [1.54, 1.807) is 0 Å². The number of likely N-dealkylation sites (tertiary alicyclic amines) is 1. The Bertz CT molecular complexity index is 675. The Morgan fingerprint density at radius 2 is 2.05 bits per heavy atom. The fourth-order valence-corrected chi connectivity index (χ4v) is 3.43. The zero-order valence-electron chi connectivity index (χ0n) is 11.3. The van der Waals surface area contributed by atoms with Crippen molar-refractivity contribution in [3.8, 4) is 5.75 Å². The van der Waals surface area contributed by atoms with Gasteiger partial charge in [-0.25, -0.2) is 8.42 Å². The molecule has 116 valence electrons. The van der Waals surface area contributed by atoms with Gasteiger partial charge >= 0.3 is 0 Å². The van der Waals surface area contributed by atoms with Gasteiger partial charge in [0.15, 0.2) is 0 Å². The summed E-state index contributed by atoms with van der Waals surface area (Å²) in [7, 11) is -3.13. The van der Waals surface area contributed by atoms with Crippen LogP contribution in [0.5, 0.6) is 5.75 Å². The van der Waals surface area contributed by atoms with Gasteiger partial charge < -0.3 is 10.0 Å². The van der Waals surface area contributed by atoms with Crippen molar-refractivity contribution >= 4 is 38.9 Å². The monoisotopic (exact) mass is 351 g/mol. The summed E-state index contributed by atoms with van der Waals surface area (Å²) in [6.07, 6.45) is 1.31. The molecule has 1 amide bonds. The third-order valence-electron chi connectivity index (χ3n) is 3.46. The lowest BCUT2D eigenvalue weighted by Gasteiger charge is -2.17. The van der Waals surface area contributed by atoms with Crippen molar-refractivity contribution in [3.05, 3.63) is 27.7 Å². The largest absolute Gasteiger partial charge is 0.508 e. The van der Waals surface area contributed by atoms with Gasteiger partial charge in [0.25, 0.3) is 0 Å². The molecule has 1 atom stereocenters. The van der Waals surface area contributed by atoms with E-state index in [1.165, 1.54) is 17.0 Å². The first-order valence-electron chi connectivity index (χ1n) is 6.31. The topological polar surface area (TPSA) is 74.7 Å². The number of sulfone groups is 1. The minimum absolute atomic E-state index is 0.00726. The van der Waals surface area contributed by atoms with Crippen molar-refractivity contribution < 1.29 is 18.3 Å². The van der Waals surface area contributed by atoms with Gasteiger partial charge in [-0.2, -0.15) is 0 Å². The van der Waals surface area contributed by atoms with Crippen molar-refractivity contribution in [3.63, 3.8) is 0 Å². The average molecular weight is 352 g/mol.